The van der Waals surface area contributed by atoms with Crippen LogP contribution in [0.2, 0.25) is 4.34 Å². The molecule has 0 saturated heterocycles. The minimum atomic E-state index is 0.524. The number of hydrogen-bond donors (Lipinski definition) is 2. The number of H-pyrrole nitrogens is 1. The highest BCUT2D eigenvalue weighted by Crippen LogP contribution is 2.35. The fraction of sp³-hybridized carbons (Fsp3) is 0.200. The van der Waals surface area contributed by atoms with Crippen LogP contribution in [0.5, 0.6) is 0 Å². The van der Waals surface area contributed by atoms with Crippen molar-refractivity contribution in [3.8, 4) is 10.4 Å². The van der Waals surface area contributed by atoms with E-state index in [1.54, 1.807) is 12.4 Å². The molecule has 4 aromatic heterocycles. The maximum atomic E-state index is 6.23. The lowest BCUT2D eigenvalue weighted by Crippen LogP contribution is -2.01. The van der Waals surface area contributed by atoms with Crippen LogP contribution in [-0.2, 0) is 0 Å². The average molecular weight is 479 g/mol. The third-order valence-electron chi connectivity index (χ3n) is 4.65. The number of nitrogens with zero attached hydrogens (tertiary/aromatic N) is 4. The van der Waals surface area contributed by atoms with Gasteiger partial charge in [-0.3, -0.25) is 4.99 Å². The Labute approximate surface area is 203 Å². The van der Waals surface area contributed by atoms with Gasteiger partial charge in [0, 0.05) is 34.1 Å². The van der Waals surface area contributed by atoms with Crippen molar-refractivity contribution >= 4 is 56.6 Å². The van der Waals surface area contributed by atoms with E-state index in [0.717, 1.165) is 37.3 Å². The zero-order valence-corrected chi connectivity index (χ0v) is 21.0. The van der Waals surface area contributed by atoms with Crippen molar-refractivity contribution in [3.05, 3.63) is 70.9 Å². The molecule has 4 rings (SSSR count). The lowest BCUT2D eigenvalue weighted by atomic mass is 10.1. The lowest BCUT2D eigenvalue weighted by Gasteiger charge is -2.09. The van der Waals surface area contributed by atoms with E-state index in [4.69, 9.17) is 22.3 Å². The Kier molecular flexibility index (Phi) is 7.79. The summed E-state index contributed by atoms with van der Waals surface area (Å²) < 4.78 is 0.726. The number of hydrogen-bond acceptors (Lipinski definition) is 6. The number of nitrogens with two attached hydrogens (primary N) is 1. The van der Waals surface area contributed by atoms with Gasteiger partial charge in [0.2, 0.25) is 0 Å². The first-order chi connectivity index (χ1) is 15.8. The predicted octanol–water partition coefficient (Wildman–Crippen LogP) is 7.25. The minimum absolute atomic E-state index is 0.524. The molecule has 4 heterocycles. The predicted molar refractivity (Wildman–Crippen MR) is 143 cm³/mol. The summed E-state index contributed by atoms with van der Waals surface area (Å²) in [4.78, 5) is 22.5. The molecule has 0 aliphatic rings. The quantitative estimate of drug-likeness (QED) is 0.295. The number of allylic oxidation sites excluding steroid dienone is 1. The Morgan fingerprint density at radius 3 is 2.55 bits per heavy atom. The fourth-order valence-electron chi connectivity index (χ4n) is 3.05. The summed E-state index contributed by atoms with van der Waals surface area (Å²) in [7, 11) is 0. The molecule has 0 saturated carbocycles. The topological polar surface area (TPSA) is 92.8 Å². The first-order valence-corrected chi connectivity index (χ1v) is 11.8. The largest absolute Gasteiger partial charge is 0.397 e. The molecule has 33 heavy (non-hydrogen) atoms. The SMILES string of the molecule is C=C(c1nc2nccc(-c3ccc(Cl)s3)c2[nH]1)c1nc(/C(C)=C/N=C(C)C)ccc1N.CC. The van der Waals surface area contributed by atoms with Crippen LogP contribution in [0.1, 0.15) is 51.8 Å². The third-order valence-corrected chi connectivity index (χ3v) is 5.91. The second-order valence-electron chi connectivity index (χ2n) is 7.25. The van der Waals surface area contributed by atoms with Crippen molar-refractivity contribution in [1.82, 2.24) is 19.9 Å². The van der Waals surface area contributed by atoms with Crippen molar-refractivity contribution in [2.24, 2.45) is 4.99 Å². The smallest absolute Gasteiger partial charge is 0.178 e. The van der Waals surface area contributed by atoms with E-state index in [9.17, 15) is 0 Å². The zero-order valence-electron chi connectivity index (χ0n) is 19.4. The van der Waals surface area contributed by atoms with Gasteiger partial charge < -0.3 is 10.7 Å². The van der Waals surface area contributed by atoms with E-state index in [2.05, 4.69) is 26.5 Å². The van der Waals surface area contributed by atoms with Crippen molar-refractivity contribution < 1.29 is 0 Å². The summed E-state index contributed by atoms with van der Waals surface area (Å²) in [5.74, 6) is 0.568. The number of thiophene rings is 1. The van der Waals surface area contributed by atoms with E-state index < -0.39 is 0 Å². The summed E-state index contributed by atoms with van der Waals surface area (Å²) >= 11 is 7.62. The molecule has 170 valence electrons. The van der Waals surface area contributed by atoms with Gasteiger partial charge in [0.25, 0.3) is 0 Å². The molecule has 0 spiro atoms. The standard InChI is InChI=1S/C23H21ClN6S.C2H6/c1-12(2)27-11-13(3)17-6-5-16(25)20(28-17)14(4)22-29-21-15(9-10-26-23(21)30-22)18-7-8-19(24)31-18;1-2/h5-11H,4,25H2,1-3H3,(H,26,29,30);1-2H3/b13-11+;. The lowest BCUT2D eigenvalue weighted by molar-refractivity contribution is 1.18. The molecular formula is C25H27ClN6S. The molecule has 0 atom stereocenters. The molecule has 6 nitrogen and oxygen atoms in total. The van der Waals surface area contributed by atoms with Gasteiger partial charge in [-0.2, -0.15) is 0 Å². The van der Waals surface area contributed by atoms with Crippen LogP contribution in [-0.4, -0.2) is 25.6 Å². The first-order valence-electron chi connectivity index (χ1n) is 10.6. The number of halogens is 1. The van der Waals surface area contributed by atoms with Crippen molar-refractivity contribution in [2.75, 3.05) is 5.73 Å². The molecular weight excluding hydrogens is 452 g/mol. The van der Waals surface area contributed by atoms with Crippen LogP contribution in [0.15, 0.2) is 54.3 Å². The summed E-state index contributed by atoms with van der Waals surface area (Å²) in [6.45, 7) is 14.1. The van der Waals surface area contributed by atoms with Crippen LogP contribution >= 0.6 is 22.9 Å². The van der Waals surface area contributed by atoms with E-state index in [-0.39, 0.29) is 0 Å². The number of nitrogens with one attached hydrogen (secondary N) is 1. The number of pyridine rings is 2. The Hall–Kier alpha value is -3.29. The number of rotatable bonds is 5. The van der Waals surface area contributed by atoms with Gasteiger partial charge >= 0.3 is 0 Å². The first kappa shape index (κ1) is 24.4. The molecule has 0 radical (unpaired) electrons. The number of imidazole rings is 1. The van der Waals surface area contributed by atoms with Crippen molar-refractivity contribution in [1.29, 1.82) is 0 Å². The average Bonchev–Trinajstić information content (AvgIpc) is 3.44. The molecule has 8 heteroatoms. The highest BCUT2D eigenvalue weighted by Gasteiger charge is 2.17. The van der Waals surface area contributed by atoms with Crippen LogP contribution in [0.3, 0.4) is 0 Å². The number of nitrogen functional groups attached to an aromatic ring is 1. The number of aromatic amines is 1. The van der Waals surface area contributed by atoms with Gasteiger partial charge in [-0.15, -0.1) is 11.3 Å². The van der Waals surface area contributed by atoms with Crippen LogP contribution < -0.4 is 5.73 Å². The Morgan fingerprint density at radius 1 is 1.12 bits per heavy atom. The third kappa shape index (κ3) is 5.38. The highest BCUT2D eigenvalue weighted by molar-refractivity contribution is 7.19. The van der Waals surface area contributed by atoms with E-state index in [0.29, 0.717) is 28.4 Å². The molecule has 3 N–H and O–H groups in total. The maximum absolute atomic E-state index is 6.23. The van der Waals surface area contributed by atoms with Gasteiger partial charge in [-0.1, -0.05) is 32.0 Å². The molecule has 0 unspecified atom stereocenters. The number of fused-ring (bicyclic) bond motifs is 1. The molecule has 0 aliphatic heterocycles. The molecule has 0 aliphatic carbocycles. The Morgan fingerprint density at radius 2 is 1.88 bits per heavy atom. The summed E-state index contributed by atoms with van der Waals surface area (Å²) in [6.07, 6.45) is 3.53. The van der Waals surface area contributed by atoms with Crippen LogP contribution in [0.4, 0.5) is 5.69 Å². The van der Waals surface area contributed by atoms with Crippen molar-refractivity contribution in [2.45, 2.75) is 34.6 Å². The second kappa shape index (κ2) is 10.6. The fourth-order valence-corrected chi connectivity index (χ4v) is 4.13. The number of anilines is 1. The van der Waals surface area contributed by atoms with Gasteiger partial charge in [0.15, 0.2) is 5.65 Å². The Balaban J connectivity index is 0.00000149. The summed E-state index contributed by atoms with van der Waals surface area (Å²) in [5, 5.41) is 0. The van der Waals surface area contributed by atoms with Crippen molar-refractivity contribution in [3.63, 3.8) is 0 Å². The monoisotopic (exact) mass is 478 g/mol. The highest BCUT2D eigenvalue weighted by atomic mass is 35.5. The van der Waals surface area contributed by atoms with Crippen LogP contribution in [0, 0.1) is 0 Å². The molecule has 4 aromatic rings. The summed E-state index contributed by atoms with van der Waals surface area (Å²) in [6, 6.07) is 9.49. The number of aliphatic imine (C=N–C) groups is 1. The van der Waals surface area contributed by atoms with E-state index in [1.807, 2.05) is 65.0 Å². The minimum Gasteiger partial charge on any atom is -0.397 e. The zero-order chi connectivity index (χ0) is 24.1. The summed E-state index contributed by atoms with van der Waals surface area (Å²) in [5.41, 5.74) is 13.0. The normalized spacial score (nSPS) is 11.2. The molecule has 0 aromatic carbocycles. The van der Waals surface area contributed by atoms with E-state index >= 15 is 0 Å². The molecule has 0 fully saturated rings. The Bertz CT molecular complexity index is 1360. The maximum Gasteiger partial charge on any atom is 0.178 e. The van der Waals surface area contributed by atoms with Gasteiger partial charge in [-0.05, 0) is 56.7 Å². The van der Waals surface area contributed by atoms with Crippen LogP contribution in [0.25, 0.3) is 32.8 Å². The van der Waals surface area contributed by atoms with E-state index in [1.165, 1.54) is 11.3 Å². The number of aromatic nitrogens is 4. The molecule has 0 bridgehead atoms. The van der Waals surface area contributed by atoms with Gasteiger partial charge in [0.1, 0.15) is 5.82 Å². The second-order valence-corrected chi connectivity index (χ2v) is 8.96. The van der Waals surface area contributed by atoms with Gasteiger partial charge in [-0.25, -0.2) is 15.0 Å². The molecule has 0 amide bonds. The van der Waals surface area contributed by atoms with Gasteiger partial charge in [0.05, 0.1) is 26.9 Å².